The topological polar surface area (TPSA) is 53.6 Å². The summed E-state index contributed by atoms with van der Waals surface area (Å²) in [5.74, 6) is -0.168. The molecule has 1 saturated heterocycles. The lowest BCUT2D eigenvalue weighted by Crippen LogP contribution is -2.57. The lowest BCUT2D eigenvalue weighted by atomic mass is 10.1. The van der Waals surface area contributed by atoms with Gasteiger partial charge in [-0.05, 0) is 11.1 Å². The smallest absolute Gasteiger partial charge is 0.324 e. The number of ether oxygens (including phenoxy) is 1. The highest BCUT2D eigenvalue weighted by Gasteiger charge is 2.37. The Bertz CT molecular complexity index is 478. The van der Waals surface area contributed by atoms with Crippen LogP contribution in [0.25, 0.3) is 0 Å². The number of esters is 1. The minimum atomic E-state index is -0.220. The molecule has 3 rings (SSSR count). The molecule has 0 aliphatic carbocycles. The van der Waals surface area contributed by atoms with Gasteiger partial charge in [-0.1, -0.05) is 24.3 Å². The molecule has 0 saturated carbocycles. The van der Waals surface area contributed by atoms with E-state index in [0.29, 0.717) is 6.54 Å². The highest BCUT2D eigenvalue weighted by molar-refractivity contribution is 5.76. The molecule has 102 valence electrons. The number of carbonyl (C=O) groups is 1. The first kappa shape index (κ1) is 12.6. The summed E-state index contributed by atoms with van der Waals surface area (Å²) in [6.45, 7) is 3.24. The van der Waals surface area contributed by atoms with E-state index in [0.717, 1.165) is 19.6 Å². The summed E-state index contributed by atoms with van der Waals surface area (Å²) in [5.41, 5.74) is 2.59. The summed E-state index contributed by atoms with van der Waals surface area (Å²) >= 11 is 0. The van der Waals surface area contributed by atoms with Crippen LogP contribution in [-0.4, -0.2) is 43.7 Å². The predicted octanol–water partition coefficient (Wildman–Crippen LogP) is 0.235. The number of methoxy groups -OCH3 is 1. The number of benzene rings is 1. The average molecular weight is 261 g/mol. The average Bonchev–Trinajstić information content (AvgIpc) is 2.90. The minimum Gasteiger partial charge on any atom is -0.468 e. The highest BCUT2D eigenvalue weighted by atomic mass is 16.5. The Labute approximate surface area is 112 Å². The van der Waals surface area contributed by atoms with Crippen LogP contribution in [0.2, 0.25) is 0 Å². The third-order valence-corrected chi connectivity index (χ3v) is 3.93. The molecule has 0 aromatic heterocycles. The molecule has 2 atom stereocenters. The van der Waals surface area contributed by atoms with E-state index in [1.54, 1.807) is 0 Å². The largest absolute Gasteiger partial charge is 0.468 e. The van der Waals surface area contributed by atoms with Crippen LogP contribution in [0.4, 0.5) is 0 Å². The van der Waals surface area contributed by atoms with Crippen molar-refractivity contribution in [3.05, 3.63) is 35.4 Å². The zero-order chi connectivity index (χ0) is 13.2. The second-order valence-electron chi connectivity index (χ2n) is 4.96. The third-order valence-electron chi connectivity index (χ3n) is 3.93. The van der Waals surface area contributed by atoms with Crippen LogP contribution in [0.15, 0.2) is 24.3 Å². The molecule has 1 fully saturated rings. The van der Waals surface area contributed by atoms with Crippen molar-refractivity contribution in [2.24, 2.45) is 0 Å². The van der Waals surface area contributed by atoms with Crippen molar-refractivity contribution in [3.8, 4) is 0 Å². The van der Waals surface area contributed by atoms with Gasteiger partial charge in [-0.25, -0.2) is 0 Å². The second kappa shape index (κ2) is 5.28. The number of fused-ring (bicyclic) bond motifs is 1. The molecule has 0 amide bonds. The Morgan fingerprint density at radius 3 is 3.11 bits per heavy atom. The van der Waals surface area contributed by atoms with Gasteiger partial charge in [-0.2, -0.15) is 0 Å². The SMILES string of the molecule is COC(=O)C1CNCCN1C1NCc2ccccc21. The number of hydrogen-bond acceptors (Lipinski definition) is 5. The molecule has 0 radical (unpaired) electrons. The minimum absolute atomic E-state index is 0.113. The fourth-order valence-corrected chi connectivity index (χ4v) is 2.96. The first-order valence-electron chi connectivity index (χ1n) is 6.66. The van der Waals surface area contributed by atoms with E-state index in [2.05, 4.69) is 33.7 Å². The molecule has 19 heavy (non-hydrogen) atoms. The summed E-state index contributed by atoms with van der Waals surface area (Å²) in [5, 5.41) is 6.75. The molecule has 5 heteroatoms. The number of rotatable bonds is 2. The number of nitrogens with one attached hydrogen (secondary N) is 2. The fourth-order valence-electron chi connectivity index (χ4n) is 2.96. The molecule has 0 spiro atoms. The van der Waals surface area contributed by atoms with Crippen molar-refractivity contribution in [2.75, 3.05) is 26.7 Å². The molecule has 2 aliphatic rings. The number of hydrogen-bond donors (Lipinski definition) is 2. The molecule has 2 N–H and O–H groups in total. The molecular formula is C14H19N3O2. The van der Waals surface area contributed by atoms with Gasteiger partial charge in [0.25, 0.3) is 0 Å². The highest BCUT2D eigenvalue weighted by Crippen LogP contribution is 2.30. The molecule has 2 aliphatic heterocycles. The van der Waals surface area contributed by atoms with E-state index in [-0.39, 0.29) is 18.2 Å². The molecule has 2 heterocycles. The number of piperazine rings is 1. The Hall–Kier alpha value is -1.43. The van der Waals surface area contributed by atoms with Crippen molar-refractivity contribution >= 4 is 5.97 Å². The predicted molar refractivity (Wildman–Crippen MR) is 71.4 cm³/mol. The van der Waals surface area contributed by atoms with Crippen LogP contribution in [0.1, 0.15) is 17.3 Å². The van der Waals surface area contributed by atoms with Gasteiger partial charge in [0.15, 0.2) is 0 Å². The summed E-state index contributed by atoms with van der Waals surface area (Å²) in [6, 6.07) is 8.16. The third kappa shape index (κ3) is 2.25. The van der Waals surface area contributed by atoms with Crippen LogP contribution in [0, 0.1) is 0 Å². The van der Waals surface area contributed by atoms with Crippen molar-refractivity contribution < 1.29 is 9.53 Å². The summed E-state index contributed by atoms with van der Waals surface area (Å²) < 4.78 is 4.92. The maximum atomic E-state index is 11.9. The van der Waals surface area contributed by atoms with Crippen molar-refractivity contribution in [1.82, 2.24) is 15.5 Å². The molecule has 0 bridgehead atoms. The van der Waals surface area contributed by atoms with Gasteiger partial charge in [0.1, 0.15) is 6.04 Å². The lowest BCUT2D eigenvalue weighted by Gasteiger charge is -2.38. The molecular weight excluding hydrogens is 242 g/mol. The van der Waals surface area contributed by atoms with Gasteiger partial charge < -0.3 is 10.1 Å². The van der Waals surface area contributed by atoms with Crippen LogP contribution in [0.3, 0.4) is 0 Å². The van der Waals surface area contributed by atoms with E-state index in [1.807, 2.05) is 6.07 Å². The van der Waals surface area contributed by atoms with Gasteiger partial charge in [-0.15, -0.1) is 0 Å². The summed E-state index contributed by atoms with van der Waals surface area (Å²) in [7, 11) is 1.45. The van der Waals surface area contributed by atoms with E-state index >= 15 is 0 Å². The van der Waals surface area contributed by atoms with Crippen LogP contribution >= 0.6 is 0 Å². The quantitative estimate of drug-likeness (QED) is 0.747. The van der Waals surface area contributed by atoms with E-state index in [9.17, 15) is 4.79 Å². The van der Waals surface area contributed by atoms with Crippen molar-refractivity contribution in [3.63, 3.8) is 0 Å². The summed E-state index contributed by atoms with van der Waals surface area (Å²) in [4.78, 5) is 14.1. The zero-order valence-electron chi connectivity index (χ0n) is 11.1. The van der Waals surface area contributed by atoms with E-state index in [4.69, 9.17) is 4.74 Å². The molecule has 1 aromatic carbocycles. The molecule has 5 nitrogen and oxygen atoms in total. The fraction of sp³-hybridized carbons (Fsp3) is 0.500. The second-order valence-corrected chi connectivity index (χ2v) is 4.96. The molecule has 1 aromatic rings. The molecule has 2 unspecified atom stereocenters. The maximum absolute atomic E-state index is 11.9. The lowest BCUT2D eigenvalue weighted by molar-refractivity contribution is -0.149. The first-order chi connectivity index (χ1) is 9.31. The van der Waals surface area contributed by atoms with Crippen LogP contribution in [-0.2, 0) is 16.1 Å². The standard InChI is InChI=1S/C14H19N3O2/c1-19-14(18)12-9-15-6-7-17(12)13-11-5-3-2-4-10(11)8-16-13/h2-5,12-13,15-16H,6-9H2,1H3. The van der Waals surface area contributed by atoms with Crippen molar-refractivity contribution in [1.29, 1.82) is 0 Å². The normalized spacial score (nSPS) is 27.0. The number of nitrogens with zero attached hydrogens (tertiary/aromatic N) is 1. The maximum Gasteiger partial charge on any atom is 0.324 e. The van der Waals surface area contributed by atoms with E-state index in [1.165, 1.54) is 18.2 Å². The van der Waals surface area contributed by atoms with Gasteiger partial charge in [0.2, 0.25) is 0 Å². The Morgan fingerprint density at radius 2 is 2.26 bits per heavy atom. The van der Waals surface area contributed by atoms with E-state index < -0.39 is 0 Å². The van der Waals surface area contributed by atoms with Gasteiger partial charge in [0, 0.05) is 26.2 Å². The first-order valence-corrected chi connectivity index (χ1v) is 6.66. The Balaban J connectivity index is 1.86. The zero-order valence-corrected chi connectivity index (χ0v) is 11.1. The van der Waals surface area contributed by atoms with Crippen LogP contribution < -0.4 is 10.6 Å². The summed E-state index contributed by atoms with van der Waals surface area (Å²) in [6.07, 6.45) is 0.113. The Kier molecular flexibility index (Phi) is 3.50. The van der Waals surface area contributed by atoms with Gasteiger partial charge in [-0.3, -0.25) is 15.0 Å². The van der Waals surface area contributed by atoms with Gasteiger partial charge >= 0.3 is 5.97 Å². The Morgan fingerprint density at radius 1 is 1.42 bits per heavy atom. The van der Waals surface area contributed by atoms with Gasteiger partial charge in [0.05, 0.1) is 13.3 Å². The number of carbonyl (C=O) groups excluding carboxylic acids is 1. The van der Waals surface area contributed by atoms with Crippen LogP contribution in [0.5, 0.6) is 0 Å². The van der Waals surface area contributed by atoms with Crippen molar-refractivity contribution in [2.45, 2.75) is 18.8 Å². The monoisotopic (exact) mass is 261 g/mol.